The Labute approximate surface area is 149 Å². The van der Waals surface area contributed by atoms with Gasteiger partial charge >= 0.3 is 0 Å². The number of aromatic hydroxyl groups is 1. The van der Waals surface area contributed by atoms with Crippen LogP contribution in [-0.2, 0) is 0 Å². The fourth-order valence-corrected chi connectivity index (χ4v) is 3.25. The molecule has 1 heterocycles. The van der Waals surface area contributed by atoms with Gasteiger partial charge in [-0.2, -0.15) is 0 Å². The first-order chi connectivity index (χ1) is 12.3. The van der Waals surface area contributed by atoms with Gasteiger partial charge in [-0.1, -0.05) is 72.4 Å². The number of benzene rings is 3. The monoisotopic (exact) mass is 345 g/mol. The van der Waals surface area contributed by atoms with Gasteiger partial charge in [0.05, 0.1) is 5.70 Å². The molecule has 0 fully saturated rings. The number of fused-ring (bicyclic) bond motifs is 1. The summed E-state index contributed by atoms with van der Waals surface area (Å²) in [6, 6.07) is 21.5. The Bertz CT molecular complexity index is 1010. The number of hydrogen-bond acceptors (Lipinski definition) is 5. The van der Waals surface area contributed by atoms with Crippen LogP contribution in [0, 0.1) is 0 Å². The second kappa shape index (κ2) is 6.83. The number of amidine groups is 1. The van der Waals surface area contributed by atoms with Crippen LogP contribution in [0.25, 0.3) is 16.5 Å². The summed E-state index contributed by atoms with van der Waals surface area (Å²) in [5, 5.41) is 19.1. The molecule has 0 radical (unpaired) electrons. The Kier molecular flexibility index (Phi) is 4.23. The average molecular weight is 345 g/mol. The molecule has 1 aliphatic heterocycles. The minimum Gasteiger partial charge on any atom is -0.507 e. The second-order valence-electron chi connectivity index (χ2n) is 5.50. The van der Waals surface area contributed by atoms with Gasteiger partial charge in [0, 0.05) is 22.7 Å². The van der Waals surface area contributed by atoms with Gasteiger partial charge in [-0.05, 0) is 16.8 Å². The molecule has 0 saturated heterocycles. The standard InChI is InChI=1S/C20H15N3OS/c24-19-11-10-14-6-4-5-9-16(14)17(19)12-21-20-23-22-18(13-25-20)15-7-2-1-3-8-15/h1-13,22,24H/b21-12+. The highest BCUT2D eigenvalue weighted by molar-refractivity contribution is 8.16. The van der Waals surface area contributed by atoms with E-state index >= 15 is 0 Å². The summed E-state index contributed by atoms with van der Waals surface area (Å²) in [5.74, 6) is 0.206. The summed E-state index contributed by atoms with van der Waals surface area (Å²) in [5.41, 5.74) is 5.74. The summed E-state index contributed by atoms with van der Waals surface area (Å²) >= 11 is 1.44. The predicted octanol–water partition coefficient (Wildman–Crippen LogP) is 4.57. The molecule has 1 aliphatic rings. The molecule has 25 heavy (non-hydrogen) atoms. The van der Waals surface area contributed by atoms with E-state index in [4.69, 9.17) is 0 Å². The number of phenols is 1. The fraction of sp³-hybridized carbons (Fsp3) is 0. The number of nitrogens with zero attached hydrogens (tertiary/aromatic N) is 2. The number of hydrazone groups is 1. The minimum absolute atomic E-state index is 0.206. The minimum atomic E-state index is 0.206. The largest absolute Gasteiger partial charge is 0.507 e. The zero-order chi connectivity index (χ0) is 17.1. The molecule has 0 unspecified atom stereocenters. The Morgan fingerprint density at radius 2 is 1.76 bits per heavy atom. The van der Waals surface area contributed by atoms with Gasteiger partial charge < -0.3 is 5.11 Å². The Hall–Kier alpha value is -3.05. The number of phenolic OH excluding ortho intramolecular Hbond substituents is 1. The van der Waals surface area contributed by atoms with Crippen molar-refractivity contribution >= 4 is 39.6 Å². The van der Waals surface area contributed by atoms with E-state index in [9.17, 15) is 5.11 Å². The molecular weight excluding hydrogens is 330 g/mol. The van der Waals surface area contributed by atoms with E-state index in [1.54, 1.807) is 12.3 Å². The van der Waals surface area contributed by atoms with Crippen molar-refractivity contribution in [1.29, 1.82) is 0 Å². The molecule has 0 aliphatic carbocycles. The Balaban J connectivity index is 1.56. The molecule has 0 saturated carbocycles. The van der Waals surface area contributed by atoms with E-state index in [-0.39, 0.29) is 5.75 Å². The molecule has 0 bridgehead atoms. The van der Waals surface area contributed by atoms with Gasteiger partial charge in [-0.25, -0.2) is 4.99 Å². The third-order valence-electron chi connectivity index (χ3n) is 3.89. The maximum Gasteiger partial charge on any atom is 0.210 e. The summed E-state index contributed by atoms with van der Waals surface area (Å²) in [6.45, 7) is 0. The van der Waals surface area contributed by atoms with Crippen LogP contribution in [0.4, 0.5) is 0 Å². The zero-order valence-electron chi connectivity index (χ0n) is 13.3. The topological polar surface area (TPSA) is 57.0 Å². The summed E-state index contributed by atoms with van der Waals surface area (Å²) in [7, 11) is 0. The first kappa shape index (κ1) is 15.5. The highest BCUT2D eigenvalue weighted by Crippen LogP contribution is 2.26. The second-order valence-corrected chi connectivity index (χ2v) is 6.34. The van der Waals surface area contributed by atoms with E-state index < -0.39 is 0 Å². The highest BCUT2D eigenvalue weighted by Gasteiger charge is 2.09. The molecule has 5 heteroatoms. The molecule has 122 valence electrons. The van der Waals surface area contributed by atoms with E-state index in [1.807, 2.05) is 66.1 Å². The lowest BCUT2D eigenvalue weighted by molar-refractivity contribution is 0.475. The van der Waals surface area contributed by atoms with Crippen molar-refractivity contribution < 1.29 is 5.11 Å². The van der Waals surface area contributed by atoms with Crippen LogP contribution in [-0.4, -0.2) is 16.5 Å². The predicted molar refractivity (Wildman–Crippen MR) is 106 cm³/mol. The van der Waals surface area contributed by atoms with Gasteiger partial charge in [-0.15, -0.1) is 5.10 Å². The van der Waals surface area contributed by atoms with Crippen LogP contribution in [0.2, 0.25) is 0 Å². The Morgan fingerprint density at radius 3 is 2.56 bits per heavy atom. The van der Waals surface area contributed by atoms with Gasteiger partial charge in [0.15, 0.2) is 0 Å². The van der Waals surface area contributed by atoms with E-state index in [2.05, 4.69) is 15.5 Å². The number of rotatable bonds is 2. The molecule has 4 rings (SSSR count). The molecule has 0 atom stereocenters. The molecular formula is C20H15N3OS. The van der Waals surface area contributed by atoms with Crippen molar-refractivity contribution in [2.45, 2.75) is 0 Å². The fourth-order valence-electron chi connectivity index (χ4n) is 2.62. The Morgan fingerprint density at radius 1 is 0.960 bits per heavy atom. The first-order valence-electron chi connectivity index (χ1n) is 7.82. The van der Waals surface area contributed by atoms with Crippen LogP contribution >= 0.6 is 11.8 Å². The molecule has 0 aromatic heterocycles. The highest BCUT2D eigenvalue weighted by atomic mass is 32.2. The molecule has 3 aromatic carbocycles. The van der Waals surface area contributed by atoms with E-state index in [0.717, 1.165) is 22.0 Å². The lowest BCUT2D eigenvalue weighted by Gasteiger charge is -2.12. The van der Waals surface area contributed by atoms with Crippen LogP contribution < -0.4 is 5.43 Å². The number of aliphatic imine (C=N–C) groups is 1. The first-order valence-corrected chi connectivity index (χ1v) is 8.70. The van der Waals surface area contributed by atoms with Crippen LogP contribution in [0.3, 0.4) is 0 Å². The molecule has 3 aromatic rings. The number of hydrogen-bond donors (Lipinski definition) is 2. The lowest BCUT2D eigenvalue weighted by Crippen LogP contribution is -2.10. The quantitative estimate of drug-likeness (QED) is 0.669. The van der Waals surface area contributed by atoms with Gasteiger partial charge in [-0.3, -0.25) is 5.43 Å². The maximum absolute atomic E-state index is 10.2. The van der Waals surface area contributed by atoms with Crippen molar-refractivity contribution in [2.24, 2.45) is 10.1 Å². The van der Waals surface area contributed by atoms with Crippen LogP contribution in [0.1, 0.15) is 11.1 Å². The van der Waals surface area contributed by atoms with Crippen molar-refractivity contribution in [3.63, 3.8) is 0 Å². The van der Waals surface area contributed by atoms with Crippen LogP contribution in [0.5, 0.6) is 5.75 Å². The lowest BCUT2D eigenvalue weighted by atomic mass is 10.0. The van der Waals surface area contributed by atoms with Gasteiger partial charge in [0.25, 0.3) is 0 Å². The SMILES string of the molecule is Oc1ccc2ccccc2c1/C=N/C1=NNC(c2ccccc2)=CS1. The molecule has 2 N–H and O–H groups in total. The smallest absolute Gasteiger partial charge is 0.210 e. The summed E-state index contributed by atoms with van der Waals surface area (Å²) < 4.78 is 0. The molecule has 0 spiro atoms. The third-order valence-corrected chi connectivity index (χ3v) is 4.65. The number of thioether (sulfide) groups is 1. The molecule has 4 nitrogen and oxygen atoms in total. The maximum atomic E-state index is 10.2. The average Bonchev–Trinajstić information content (AvgIpc) is 2.68. The van der Waals surface area contributed by atoms with Crippen molar-refractivity contribution in [1.82, 2.24) is 5.43 Å². The third kappa shape index (κ3) is 3.27. The molecule has 0 amide bonds. The van der Waals surface area contributed by atoms with Crippen molar-refractivity contribution in [3.05, 3.63) is 83.3 Å². The van der Waals surface area contributed by atoms with Crippen molar-refractivity contribution in [2.75, 3.05) is 0 Å². The van der Waals surface area contributed by atoms with E-state index in [0.29, 0.717) is 10.7 Å². The van der Waals surface area contributed by atoms with E-state index in [1.165, 1.54) is 11.8 Å². The summed E-state index contributed by atoms with van der Waals surface area (Å²) in [6.07, 6.45) is 1.66. The normalized spacial score (nSPS) is 14.2. The van der Waals surface area contributed by atoms with Gasteiger partial charge in [0.2, 0.25) is 5.17 Å². The van der Waals surface area contributed by atoms with Gasteiger partial charge in [0.1, 0.15) is 5.75 Å². The van der Waals surface area contributed by atoms with Crippen molar-refractivity contribution in [3.8, 4) is 5.75 Å². The van der Waals surface area contributed by atoms with Crippen LogP contribution in [0.15, 0.2) is 82.2 Å². The number of nitrogens with one attached hydrogen (secondary N) is 1. The summed E-state index contributed by atoms with van der Waals surface area (Å²) in [4.78, 5) is 4.41. The zero-order valence-corrected chi connectivity index (χ0v) is 14.1.